The van der Waals surface area contributed by atoms with Gasteiger partial charge in [-0.3, -0.25) is 4.79 Å². The molecule has 0 aliphatic heterocycles. The Morgan fingerprint density at radius 1 is 1.00 bits per heavy atom. The normalized spacial score (nSPS) is 30.7. The maximum Gasteiger partial charge on any atom is 0.223 e. The van der Waals surface area contributed by atoms with E-state index < -0.39 is 0 Å². The molecule has 2 unspecified atom stereocenters. The molecule has 0 bridgehead atoms. The Balaban J connectivity index is 1.79. The van der Waals surface area contributed by atoms with Gasteiger partial charge in [0, 0.05) is 12.0 Å². The first-order valence-corrected chi connectivity index (χ1v) is 7.80. The lowest BCUT2D eigenvalue weighted by Crippen LogP contribution is -2.40. The van der Waals surface area contributed by atoms with Gasteiger partial charge in [-0.25, -0.2) is 0 Å². The fourth-order valence-electron chi connectivity index (χ4n) is 3.49. The molecule has 0 saturated heterocycles. The molecule has 3 nitrogen and oxygen atoms in total. The van der Waals surface area contributed by atoms with Crippen molar-refractivity contribution >= 4 is 5.91 Å². The van der Waals surface area contributed by atoms with Crippen molar-refractivity contribution in [2.24, 2.45) is 17.6 Å². The van der Waals surface area contributed by atoms with Crippen molar-refractivity contribution in [3.05, 3.63) is 0 Å². The van der Waals surface area contributed by atoms with Crippen LogP contribution in [-0.4, -0.2) is 18.5 Å². The van der Waals surface area contributed by atoms with Gasteiger partial charge in [0.05, 0.1) is 0 Å². The molecule has 3 N–H and O–H groups in total. The molecule has 2 rings (SSSR count). The predicted octanol–water partition coefficient (Wildman–Crippen LogP) is 2.59. The van der Waals surface area contributed by atoms with E-state index in [0.29, 0.717) is 17.9 Å². The number of hydrogen-bond acceptors (Lipinski definition) is 2. The topological polar surface area (TPSA) is 55.1 Å². The van der Waals surface area contributed by atoms with E-state index in [1.165, 1.54) is 51.4 Å². The van der Waals surface area contributed by atoms with Crippen LogP contribution in [0.2, 0.25) is 0 Å². The Morgan fingerprint density at radius 3 is 2.39 bits per heavy atom. The summed E-state index contributed by atoms with van der Waals surface area (Å²) in [5, 5.41) is 3.29. The SMILES string of the molecule is NCC1CCCC(C(=O)NC2CCCCCC2)C1. The van der Waals surface area contributed by atoms with E-state index in [-0.39, 0.29) is 5.92 Å². The van der Waals surface area contributed by atoms with Gasteiger partial charge in [-0.15, -0.1) is 0 Å². The lowest BCUT2D eigenvalue weighted by molar-refractivity contribution is -0.127. The van der Waals surface area contributed by atoms with Gasteiger partial charge >= 0.3 is 0 Å². The first-order chi connectivity index (χ1) is 8.79. The average Bonchev–Trinajstić information content (AvgIpc) is 2.67. The molecule has 2 aliphatic carbocycles. The lowest BCUT2D eigenvalue weighted by atomic mass is 9.81. The van der Waals surface area contributed by atoms with E-state index in [2.05, 4.69) is 5.32 Å². The summed E-state index contributed by atoms with van der Waals surface area (Å²) in [6, 6.07) is 0.443. The monoisotopic (exact) mass is 252 g/mol. The van der Waals surface area contributed by atoms with E-state index in [9.17, 15) is 4.79 Å². The molecule has 0 heterocycles. The summed E-state index contributed by atoms with van der Waals surface area (Å²) in [4.78, 5) is 12.3. The number of carbonyl (C=O) groups excluding carboxylic acids is 1. The smallest absolute Gasteiger partial charge is 0.223 e. The summed E-state index contributed by atoms with van der Waals surface area (Å²) in [6.45, 7) is 0.743. The summed E-state index contributed by atoms with van der Waals surface area (Å²) in [5.74, 6) is 1.11. The third-order valence-electron chi connectivity index (χ3n) is 4.69. The van der Waals surface area contributed by atoms with Crippen LogP contribution in [0.25, 0.3) is 0 Å². The standard InChI is InChI=1S/C15H28N2O/c16-11-12-6-5-7-13(10-12)15(18)17-14-8-3-1-2-4-9-14/h12-14H,1-11,16H2,(H,17,18). The van der Waals surface area contributed by atoms with Gasteiger partial charge < -0.3 is 11.1 Å². The highest BCUT2D eigenvalue weighted by molar-refractivity contribution is 5.79. The molecule has 2 saturated carbocycles. The zero-order valence-corrected chi connectivity index (χ0v) is 11.5. The third-order valence-corrected chi connectivity index (χ3v) is 4.69. The van der Waals surface area contributed by atoms with E-state index in [1.807, 2.05) is 0 Å². The third kappa shape index (κ3) is 3.98. The molecular weight excluding hydrogens is 224 g/mol. The number of carbonyl (C=O) groups is 1. The second kappa shape index (κ2) is 7.13. The largest absolute Gasteiger partial charge is 0.353 e. The van der Waals surface area contributed by atoms with Crippen LogP contribution in [0.3, 0.4) is 0 Å². The zero-order chi connectivity index (χ0) is 12.8. The molecule has 0 aromatic carbocycles. The Kier molecular flexibility index (Phi) is 5.48. The van der Waals surface area contributed by atoms with Gasteiger partial charge in [0.2, 0.25) is 5.91 Å². The molecule has 0 radical (unpaired) electrons. The number of amides is 1. The number of nitrogens with two attached hydrogens (primary N) is 1. The first-order valence-electron chi connectivity index (χ1n) is 7.80. The molecule has 0 aromatic rings. The summed E-state index contributed by atoms with van der Waals surface area (Å²) < 4.78 is 0. The van der Waals surface area contributed by atoms with Crippen LogP contribution in [0, 0.1) is 11.8 Å². The van der Waals surface area contributed by atoms with Crippen LogP contribution < -0.4 is 11.1 Å². The van der Waals surface area contributed by atoms with E-state index in [0.717, 1.165) is 19.4 Å². The Labute approximate surface area is 111 Å². The molecule has 2 aliphatic rings. The van der Waals surface area contributed by atoms with Crippen molar-refractivity contribution in [3.8, 4) is 0 Å². The Morgan fingerprint density at radius 2 is 1.72 bits per heavy atom. The minimum absolute atomic E-state index is 0.232. The van der Waals surface area contributed by atoms with Crippen LogP contribution in [0.5, 0.6) is 0 Å². The fourth-order valence-corrected chi connectivity index (χ4v) is 3.49. The van der Waals surface area contributed by atoms with Crippen molar-refractivity contribution in [2.75, 3.05) is 6.54 Å². The average molecular weight is 252 g/mol. The lowest BCUT2D eigenvalue weighted by Gasteiger charge is -2.29. The maximum absolute atomic E-state index is 12.3. The molecule has 0 spiro atoms. The van der Waals surface area contributed by atoms with Crippen LogP contribution in [0.4, 0.5) is 0 Å². The zero-order valence-electron chi connectivity index (χ0n) is 11.5. The molecule has 1 amide bonds. The Hall–Kier alpha value is -0.570. The van der Waals surface area contributed by atoms with Crippen LogP contribution in [-0.2, 0) is 4.79 Å². The van der Waals surface area contributed by atoms with Crippen molar-refractivity contribution in [1.82, 2.24) is 5.32 Å². The molecule has 104 valence electrons. The van der Waals surface area contributed by atoms with Crippen molar-refractivity contribution in [1.29, 1.82) is 0 Å². The van der Waals surface area contributed by atoms with Crippen LogP contribution >= 0.6 is 0 Å². The van der Waals surface area contributed by atoms with Gasteiger partial charge in [0.25, 0.3) is 0 Å². The fraction of sp³-hybridized carbons (Fsp3) is 0.933. The second-order valence-corrected chi connectivity index (χ2v) is 6.16. The van der Waals surface area contributed by atoms with Gasteiger partial charge in [0.15, 0.2) is 0 Å². The molecule has 18 heavy (non-hydrogen) atoms. The summed E-state index contributed by atoms with van der Waals surface area (Å²) >= 11 is 0. The molecule has 3 heteroatoms. The highest BCUT2D eigenvalue weighted by Gasteiger charge is 2.27. The Bertz CT molecular complexity index is 259. The van der Waals surface area contributed by atoms with E-state index in [1.54, 1.807) is 0 Å². The van der Waals surface area contributed by atoms with Gasteiger partial charge in [-0.05, 0) is 44.6 Å². The van der Waals surface area contributed by atoms with Crippen LogP contribution in [0.15, 0.2) is 0 Å². The number of hydrogen-bond donors (Lipinski definition) is 2. The minimum Gasteiger partial charge on any atom is -0.353 e. The molecule has 2 fully saturated rings. The number of rotatable bonds is 3. The van der Waals surface area contributed by atoms with E-state index in [4.69, 9.17) is 5.73 Å². The van der Waals surface area contributed by atoms with Crippen molar-refractivity contribution < 1.29 is 4.79 Å². The molecular formula is C15H28N2O. The maximum atomic E-state index is 12.3. The molecule has 2 atom stereocenters. The summed E-state index contributed by atoms with van der Waals surface area (Å²) in [5.41, 5.74) is 5.74. The van der Waals surface area contributed by atoms with Gasteiger partial charge in [0.1, 0.15) is 0 Å². The first kappa shape index (κ1) is 13.9. The minimum atomic E-state index is 0.232. The molecule has 0 aromatic heterocycles. The van der Waals surface area contributed by atoms with Crippen LogP contribution in [0.1, 0.15) is 64.2 Å². The highest BCUT2D eigenvalue weighted by atomic mass is 16.1. The van der Waals surface area contributed by atoms with Gasteiger partial charge in [-0.1, -0.05) is 32.1 Å². The number of nitrogens with one attached hydrogen (secondary N) is 1. The summed E-state index contributed by atoms with van der Waals surface area (Å²) in [6.07, 6.45) is 12.0. The quantitative estimate of drug-likeness (QED) is 0.759. The second-order valence-electron chi connectivity index (χ2n) is 6.16. The van der Waals surface area contributed by atoms with Gasteiger partial charge in [-0.2, -0.15) is 0 Å². The van der Waals surface area contributed by atoms with E-state index >= 15 is 0 Å². The van der Waals surface area contributed by atoms with Crippen molar-refractivity contribution in [2.45, 2.75) is 70.3 Å². The van der Waals surface area contributed by atoms with Crippen molar-refractivity contribution in [3.63, 3.8) is 0 Å². The summed E-state index contributed by atoms with van der Waals surface area (Å²) in [7, 11) is 0. The highest BCUT2D eigenvalue weighted by Crippen LogP contribution is 2.29. The predicted molar refractivity (Wildman–Crippen MR) is 74.1 cm³/mol.